The van der Waals surface area contributed by atoms with E-state index < -0.39 is 0 Å². The molecular formula is C13H11Ga. The molecule has 14 heavy (non-hydrogen) atoms. The van der Waals surface area contributed by atoms with Crippen LogP contribution in [0, 0.1) is 0 Å². The zero-order valence-electron chi connectivity index (χ0n) is 7.93. The summed E-state index contributed by atoms with van der Waals surface area (Å²) in [5.41, 5.74) is 2.80. The van der Waals surface area contributed by atoms with Gasteiger partial charge in [0.1, 0.15) is 0 Å². The van der Waals surface area contributed by atoms with E-state index in [9.17, 15) is 0 Å². The van der Waals surface area contributed by atoms with Crippen LogP contribution in [-0.2, 0) is 0 Å². The van der Waals surface area contributed by atoms with Crippen molar-refractivity contribution in [3.63, 3.8) is 0 Å². The molecule has 0 saturated carbocycles. The zero-order chi connectivity index (χ0) is 9.80. The Labute approximate surface area is 94.9 Å². The van der Waals surface area contributed by atoms with Crippen LogP contribution in [0.25, 0.3) is 0 Å². The third-order valence-electron chi connectivity index (χ3n) is 2.32. The van der Waals surface area contributed by atoms with Crippen molar-refractivity contribution in [1.82, 2.24) is 0 Å². The van der Waals surface area contributed by atoms with Crippen molar-refractivity contribution in [2.24, 2.45) is 0 Å². The minimum atomic E-state index is 0.546. The Balaban J connectivity index is 2.30. The molecule has 0 N–H and O–H groups in total. The Morgan fingerprint density at radius 2 is 1.00 bits per heavy atom. The molecule has 0 atom stereocenters. The molecule has 0 aliphatic heterocycles. The molecule has 0 aromatic heterocycles. The molecule has 0 saturated heterocycles. The average Bonchev–Trinajstić information content (AvgIpc) is 2.30. The van der Waals surface area contributed by atoms with E-state index >= 15 is 0 Å². The van der Waals surface area contributed by atoms with Crippen LogP contribution >= 0.6 is 0 Å². The molecule has 0 spiro atoms. The Hall–Kier alpha value is -0.924. The van der Waals surface area contributed by atoms with Gasteiger partial charge < -0.3 is 0 Å². The first-order chi connectivity index (χ1) is 6.88. The summed E-state index contributed by atoms with van der Waals surface area (Å²) in [5, 5.41) is 0. The normalized spacial score (nSPS) is 10.4. The van der Waals surface area contributed by atoms with E-state index in [4.69, 9.17) is 0 Å². The van der Waals surface area contributed by atoms with Gasteiger partial charge in [-0.2, -0.15) is 0 Å². The second-order valence-electron chi connectivity index (χ2n) is 3.30. The second-order valence-corrected chi connectivity index (χ2v) is 4.70. The first-order valence-electron chi connectivity index (χ1n) is 4.73. The van der Waals surface area contributed by atoms with Crippen LogP contribution in [0.3, 0.4) is 0 Å². The van der Waals surface area contributed by atoms with E-state index in [1.165, 1.54) is 11.1 Å². The first kappa shape index (κ1) is 9.62. The molecule has 1 heteroatoms. The van der Waals surface area contributed by atoms with Crippen molar-refractivity contribution >= 4 is 18.6 Å². The van der Waals surface area contributed by atoms with Gasteiger partial charge in [-0.15, -0.1) is 0 Å². The van der Waals surface area contributed by atoms with Gasteiger partial charge in [0.2, 0.25) is 0 Å². The zero-order valence-corrected chi connectivity index (χ0v) is 10.4. The van der Waals surface area contributed by atoms with Gasteiger partial charge in [0.15, 0.2) is 0 Å². The van der Waals surface area contributed by atoms with E-state index in [-0.39, 0.29) is 0 Å². The van der Waals surface area contributed by atoms with Gasteiger partial charge in [0.25, 0.3) is 0 Å². The Morgan fingerprint density at radius 3 is 1.36 bits per heavy atom. The van der Waals surface area contributed by atoms with Crippen molar-refractivity contribution in [2.45, 2.75) is 4.47 Å². The van der Waals surface area contributed by atoms with Gasteiger partial charge in [-0.3, -0.25) is 0 Å². The maximum atomic E-state index is 2.19. The van der Waals surface area contributed by atoms with Crippen LogP contribution < -0.4 is 0 Å². The van der Waals surface area contributed by atoms with Crippen LogP contribution in [0.15, 0.2) is 60.7 Å². The Bertz CT molecular complexity index is 341. The minimum absolute atomic E-state index is 0.546. The van der Waals surface area contributed by atoms with Gasteiger partial charge in [0.05, 0.1) is 0 Å². The summed E-state index contributed by atoms with van der Waals surface area (Å²) in [6.45, 7) is 0. The van der Waals surface area contributed by atoms with Crippen molar-refractivity contribution in [3.8, 4) is 0 Å². The number of benzene rings is 2. The molecule has 0 amide bonds. The summed E-state index contributed by atoms with van der Waals surface area (Å²) in [6, 6.07) is 21.3. The molecule has 2 aromatic carbocycles. The molecule has 0 fully saturated rings. The van der Waals surface area contributed by atoms with Crippen molar-refractivity contribution in [1.29, 1.82) is 0 Å². The molecule has 0 nitrogen and oxygen atoms in total. The average molecular weight is 237 g/mol. The van der Waals surface area contributed by atoms with Crippen LogP contribution in [0.5, 0.6) is 0 Å². The second kappa shape index (κ2) is 4.53. The molecule has 66 valence electrons. The van der Waals surface area contributed by atoms with E-state index in [0.29, 0.717) is 4.47 Å². The standard InChI is InChI=1S/C13H11.Ga/c1-3-7-12(8-4-1)11-13-9-5-2-6-10-13;/h1-11H;. The Morgan fingerprint density at radius 1 is 0.643 bits per heavy atom. The molecular weight excluding hydrogens is 226 g/mol. The van der Waals surface area contributed by atoms with Crippen LogP contribution in [-0.4, -0.2) is 18.6 Å². The van der Waals surface area contributed by atoms with Gasteiger partial charge in [-0.25, -0.2) is 0 Å². The summed E-state index contributed by atoms with van der Waals surface area (Å²) in [6.07, 6.45) is 0. The van der Waals surface area contributed by atoms with Crippen LogP contribution in [0.1, 0.15) is 15.6 Å². The molecule has 2 rings (SSSR count). The van der Waals surface area contributed by atoms with E-state index in [1.54, 1.807) is 18.6 Å². The van der Waals surface area contributed by atoms with Gasteiger partial charge >= 0.3 is 94.9 Å². The maximum absolute atomic E-state index is 2.19. The van der Waals surface area contributed by atoms with E-state index in [1.807, 2.05) is 0 Å². The van der Waals surface area contributed by atoms with Gasteiger partial charge in [0, 0.05) is 0 Å². The summed E-state index contributed by atoms with van der Waals surface area (Å²) in [5.74, 6) is 0. The summed E-state index contributed by atoms with van der Waals surface area (Å²) < 4.78 is 0.546. The van der Waals surface area contributed by atoms with E-state index in [0.717, 1.165) is 0 Å². The van der Waals surface area contributed by atoms with Gasteiger partial charge in [-0.1, -0.05) is 0 Å². The molecule has 2 aromatic rings. The molecule has 0 aliphatic rings. The number of rotatable bonds is 2. The predicted molar refractivity (Wildman–Crippen MR) is 60.5 cm³/mol. The topological polar surface area (TPSA) is 0 Å². The predicted octanol–water partition coefficient (Wildman–Crippen LogP) is 2.94. The fourth-order valence-electron chi connectivity index (χ4n) is 1.51. The van der Waals surface area contributed by atoms with Crippen molar-refractivity contribution < 1.29 is 0 Å². The summed E-state index contributed by atoms with van der Waals surface area (Å²) >= 11 is 1.76. The monoisotopic (exact) mass is 236 g/mol. The fourth-order valence-corrected chi connectivity index (χ4v) is 2.45. The van der Waals surface area contributed by atoms with Crippen molar-refractivity contribution in [2.75, 3.05) is 0 Å². The third-order valence-corrected chi connectivity index (χ3v) is 3.93. The summed E-state index contributed by atoms with van der Waals surface area (Å²) in [4.78, 5) is 0. The van der Waals surface area contributed by atoms with E-state index in [2.05, 4.69) is 60.7 Å². The molecule has 0 heterocycles. The molecule has 0 aliphatic carbocycles. The van der Waals surface area contributed by atoms with Crippen LogP contribution in [0.2, 0.25) is 0 Å². The Kier molecular flexibility index (Phi) is 3.12. The fraction of sp³-hybridized carbons (Fsp3) is 0.0769. The van der Waals surface area contributed by atoms with Crippen molar-refractivity contribution in [3.05, 3.63) is 71.8 Å². The first-order valence-corrected chi connectivity index (χ1v) is 6.13. The number of hydrogen-bond donors (Lipinski definition) is 0. The quantitative estimate of drug-likeness (QED) is 0.704. The molecule has 0 bridgehead atoms. The number of hydrogen-bond acceptors (Lipinski definition) is 0. The van der Waals surface area contributed by atoms with Crippen LogP contribution in [0.4, 0.5) is 0 Å². The summed E-state index contributed by atoms with van der Waals surface area (Å²) in [7, 11) is 0. The molecule has 0 unspecified atom stereocenters. The third kappa shape index (κ3) is 2.11. The SMILES string of the molecule is [Ga][CH](c1ccccc1)c1ccccc1. The molecule has 2 radical (unpaired) electrons. The van der Waals surface area contributed by atoms with Gasteiger partial charge in [-0.05, 0) is 0 Å².